The van der Waals surface area contributed by atoms with Crippen LogP contribution in [-0.4, -0.2) is 22.4 Å². The number of carbonyl (C=O) groups excluding carboxylic acids is 1. The van der Waals surface area contributed by atoms with Crippen molar-refractivity contribution >= 4 is 28.6 Å². The Hall–Kier alpha value is -0.590. The SMILES string of the molecule is CCOC(=O)c1cc(I)nn1CC. The Bertz CT molecular complexity index is 309. The molecule has 0 saturated heterocycles. The third-order valence-electron chi connectivity index (χ3n) is 1.53. The van der Waals surface area contributed by atoms with Crippen molar-refractivity contribution in [2.75, 3.05) is 6.61 Å². The van der Waals surface area contributed by atoms with Crippen molar-refractivity contribution in [2.24, 2.45) is 0 Å². The zero-order chi connectivity index (χ0) is 9.84. The first-order chi connectivity index (χ1) is 6.19. The zero-order valence-electron chi connectivity index (χ0n) is 7.58. The average molecular weight is 294 g/mol. The molecule has 72 valence electrons. The highest BCUT2D eigenvalue weighted by molar-refractivity contribution is 14.1. The summed E-state index contributed by atoms with van der Waals surface area (Å²) in [5.41, 5.74) is 0.522. The minimum atomic E-state index is -0.306. The van der Waals surface area contributed by atoms with E-state index in [0.29, 0.717) is 18.8 Å². The molecule has 0 spiro atoms. The Kier molecular flexibility index (Phi) is 3.71. The van der Waals surface area contributed by atoms with Crippen LogP contribution >= 0.6 is 22.6 Å². The van der Waals surface area contributed by atoms with Crippen LogP contribution in [0.4, 0.5) is 0 Å². The van der Waals surface area contributed by atoms with Gasteiger partial charge in [-0.25, -0.2) is 4.79 Å². The van der Waals surface area contributed by atoms with Gasteiger partial charge in [-0.15, -0.1) is 0 Å². The Morgan fingerprint density at radius 1 is 1.69 bits per heavy atom. The molecule has 0 unspecified atom stereocenters. The summed E-state index contributed by atoms with van der Waals surface area (Å²) in [6, 6.07) is 1.72. The van der Waals surface area contributed by atoms with E-state index in [1.807, 2.05) is 6.92 Å². The molecule has 4 nitrogen and oxygen atoms in total. The fraction of sp³-hybridized carbons (Fsp3) is 0.500. The molecule has 1 heterocycles. The molecule has 0 saturated carbocycles. The fourth-order valence-electron chi connectivity index (χ4n) is 0.996. The first kappa shape index (κ1) is 10.5. The highest BCUT2D eigenvalue weighted by Gasteiger charge is 2.13. The van der Waals surface area contributed by atoms with E-state index in [1.54, 1.807) is 17.7 Å². The number of hydrogen-bond donors (Lipinski definition) is 0. The van der Waals surface area contributed by atoms with E-state index in [-0.39, 0.29) is 5.97 Å². The molecule has 0 N–H and O–H groups in total. The first-order valence-electron chi connectivity index (χ1n) is 4.09. The van der Waals surface area contributed by atoms with Crippen LogP contribution < -0.4 is 0 Å². The van der Waals surface area contributed by atoms with E-state index in [0.717, 1.165) is 3.70 Å². The van der Waals surface area contributed by atoms with Gasteiger partial charge in [0.2, 0.25) is 0 Å². The van der Waals surface area contributed by atoms with E-state index >= 15 is 0 Å². The summed E-state index contributed by atoms with van der Waals surface area (Å²) in [7, 11) is 0. The number of nitrogens with zero attached hydrogens (tertiary/aromatic N) is 2. The topological polar surface area (TPSA) is 44.1 Å². The lowest BCUT2D eigenvalue weighted by molar-refractivity contribution is 0.0512. The number of esters is 1. The first-order valence-corrected chi connectivity index (χ1v) is 5.17. The molecule has 0 aliphatic rings. The lowest BCUT2D eigenvalue weighted by atomic mass is 10.4. The maximum Gasteiger partial charge on any atom is 0.356 e. The highest BCUT2D eigenvalue weighted by atomic mass is 127. The second-order valence-electron chi connectivity index (χ2n) is 2.39. The van der Waals surface area contributed by atoms with Crippen molar-refractivity contribution in [1.29, 1.82) is 0 Å². The molecule has 1 rings (SSSR count). The molecular weight excluding hydrogens is 283 g/mol. The molecule has 13 heavy (non-hydrogen) atoms. The Morgan fingerprint density at radius 3 is 2.92 bits per heavy atom. The number of halogens is 1. The van der Waals surface area contributed by atoms with E-state index in [2.05, 4.69) is 27.7 Å². The predicted octanol–water partition coefficient (Wildman–Crippen LogP) is 1.68. The van der Waals surface area contributed by atoms with Crippen molar-refractivity contribution < 1.29 is 9.53 Å². The fourth-order valence-corrected chi connectivity index (χ4v) is 1.55. The Morgan fingerprint density at radius 2 is 2.38 bits per heavy atom. The monoisotopic (exact) mass is 294 g/mol. The van der Waals surface area contributed by atoms with Crippen LogP contribution in [0.5, 0.6) is 0 Å². The molecule has 0 bridgehead atoms. The summed E-state index contributed by atoms with van der Waals surface area (Å²) < 4.78 is 7.33. The molecular formula is C8H11IN2O2. The standard InChI is InChI=1S/C8H11IN2O2/c1-3-11-6(5-7(9)10-11)8(12)13-4-2/h5H,3-4H2,1-2H3. The third kappa shape index (κ3) is 2.43. The van der Waals surface area contributed by atoms with Crippen LogP contribution in [0.2, 0.25) is 0 Å². The molecule has 5 heteroatoms. The largest absolute Gasteiger partial charge is 0.461 e. The predicted molar refractivity (Wildman–Crippen MR) is 56.6 cm³/mol. The molecule has 0 radical (unpaired) electrons. The van der Waals surface area contributed by atoms with Crippen LogP contribution in [0.1, 0.15) is 24.3 Å². The molecule has 0 atom stereocenters. The van der Waals surface area contributed by atoms with Gasteiger partial charge in [0.05, 0.1) is 6.61 Å². The minimum absolute atomic E-state index is 0.306. The van der Waals surface area contributed by atoms with Gasteiger partial charge in [-0.2, -0.15) is 5.10 Å². The lowest BCUT2D eigenvalue weighted by Crippen LogP contribution is -2.12. The van der Waals surface area contributed by atoms with Gasteiger partial charge in [0, 0.05) is 12.6 Å². The van der Waals surface area contributed by atoms with Crippen molar-refractivity contribution in [1.82, 2.24) is 9.78 Å². The van der Waals surface area contributed by atoms with Crippen LogP contribution in [0.15, 0.2) is 6.07 Å². The van der Waals surface area contributed by atoms with Crippen molar-refractivity contribution in [2.45, 2.75) is 20.4 Å². The lowest BCUT2D eigenvalue weighted by Gasteiger charge is -2.02. The summed E-state index contributed by atoms with van der Waals surface area (Å²) in [5.74, 6) is -0.306. The van der Waals surface area contributed by atoms with E-state index in [9.17, 15) is 4.79 Å². The minimum Gasteiger partial charge on any atom is -0.461 e. The van der Waals surface area contributed by atoms with Crippen molar-refractivity contribution in [3.05, 3.63) is 15.5 Å². The average Bonchev–Trinajstić information content (AvgIpc) is 2.47. The van der Waals surface area contributed by atoms with Gasteiger partial charge in [0.25, 0.3) is 0 Å². The van der Waals surface area contributed by atoms with E-state index in [4.69, 9.17) is 4.74 Å². The van der Waals surface area contributed by atoms with Crippen molar-refractivity contribution in [3.8, 4) is 0 Å². The van der Waals surface area contributed by atoms with Crippen LogP contribution in [0.3, 0.4) is 0 Å². The molecule has 0 fully saturated rings. The van der Waals surface area contributed by atoms with Gasteiger partial charge in [-0.1, -0.05) is 0 Å². The summed E-state index contributed by atoms with van der Waals surface area (Å²) in [4.78, 5) is 11.4. The molecule has 0 aliphatic carbocycles. The smallest absolute Gasteiger partial charge is 0.356 e. The van der Waals surface area contributed by atoms with Gasteiger partial charge in [-0.05, 0) is 36.4 Å². The normalized spacial score (nSPS) is 10.1. The van der Waals surface area contributed by atoms with Crippen LogP contribution in [0.25, 0.3) is 0 Å². The van der Waals surface area contributed by atoms with Crippen LogP contribution in [-0.2, 0) is 11.3 Å². The second kappa shape index (κ2) is 4.59. The molecule has 1 aromatic heterocycles. The van der Waals surface area contributed by atoms with Gasteiger partial charge in [0.1, 0.15) is 9.39 Å². The van der Waals surface area contributed by atoms with Crippen molar-refractivity contribution in [3.63, 3.8) is 0 Å². The molecule has 0 amide bonds. The summed E-state index contributed by atoms with van der Waals surface area (Å²) in [6.07, 6.45) is 0. The van der Waals surface area contributed by atoms with Gasteiger partial charge in [0.15, 0.2) is 0 Å². The molecule has 1 aromatic rings. The van der Waals surface area contributed by atoms with Gasteiger partial charge < -0.3 is 4.74 Å². The summed E-state index contributed by atoms with van der Waals surface area (Å²) in [6.45, 7) is 4.79. The third-order valence-corrected chi connectivity index (χ3v) is 2.06. The van der Waals surface area contributed by atoms with E-state index in [1.165, 1.54) is 0 Å². The summed E-state index contributed by atoms with van der Waals surface area (Å²) >= 11 is 2.07. The van der Waals surface area contributed by atoms with Crippen LogP contribution in [0, 0.1) is 3.70 Å². The van der Waals surface area contributed by atoms with Gasteiger partial charge in [-0.3, -0.25) is 4.68 Å². The number of ether oxygens (including phenoxy) is 1. The number of aromatic nitrogens is 2. The number of rotatable bonds is 3. The van der Waals surface area contributed by atoms with E-state index < -0.39 is 0 Å². The second-order valence-corrected chi connectivity index (χ2v) is 3.49. The zero-order valence-corrected chi connectivity index (χ0v) is 9.74. The summed E-state index contributed by atoms with van der Waals surface area (Å²) in [5, 5.41) is 4.13. The number of carbonyl (C=O) groups is 1. The maximum atomic E-state index is 11.4. The number of aryl methyl sites for hydroxylation is 1. The van der Waals surface area contributed by atoms with Gasteiger partial charge >= 0.3 is 5.97 Å². The molecule has 0 aromatic carbocycles. The Balaban J connectivity index is 2.91. The quantitative estimate of drug-likeness (QED) is 0.629. The molecule has 0 aliphatic heterocycles. The number of hydrogen-bond acceptors (Lipinski definition) is 3. The Labute approximate surface area is 90.4 Å². The highest BCUT2D eigenvalue weighted by Crippen LogP contribution is 2.08. The maximum absolute atomic E-state index is 11.4.